The predicted octanol–water partition coefficient (Wildman–Crippen LogP) is 2.07. The average Bonchev–Trinajstić information content (AvgIpc) is 3.09. The Bertz CT molecular complexity index is 720. The number of halogens is 1. The second-order valence-corrected chi connectivity index (χ2v) is 6.36. The lowest BCUT2D eigenvalue weighted by Crippen LogP contribution is -2.41. The first-order chi connectivity index (χ1) is 11.6. The molecule has 1 saturated heterocycles. The first kappa shape index (κ1) is 16.6. The SMILES string of the molecule is COc1cc(N)c(Cl)cc1C(=O)N1CCCC(Cn2cncn2)C1. The second-order valence-electron chi connectivity index (χ2n) is 5.95. The van der Waals surface area contributed by atoms with Crippen LogP contribution in [0.15, 0.2) is 24.8 Å². The molecule has 1 amide bonds. The van der Waals surface area contributed by atoms with Gasteiger partial charge in [-0.3, -0.25) is 9.48 Å². The maximum atomic E-state index is 12.9. The van der Waals surface area contributed by atoms with Crippen LogP contribution >= 0.6 is 11.6 Å². The van der Waals surface area contributed by atoms with Crippen LogP contribution in [0.2, 0.25) is 5.02 Å². The van der Waals surface area contributed by atoms with Crippen molar-refractivity contribution in [2.24, 2.45) is 5.92 Å². The molecule has 8 heteroatoms. The topological polar surface area (TPSA) is 86.3 Å². The number of anilines is 1. The van der Waals surface area contributed by atoms with Crippen molar-refractivity contribution in [2.45, 2.75) is 19.4 Å². The van der Waals surface area contributed by atoms with Crippen LogP contribution in [0, 0.1) is 5.92 Å². The van der Waals surface area contributed by atoms with Gasteiger partial charge in [0.25, 0.3) is 5.91 Å². The molecule has 2 heterocycles. The summed E-state index contributed by atoms with van der Waals surface area (Å²) in [5.41, 5.74) is 6.63. The van der Waals surface area contributed by atoms with E-state index in [9.17, 15) is 4.79 Å². The van der Waals surface area contributed by atoms with E-state index in [1.807, 2.05) is 4.90 Å². The van der Waals surface area contributed by atoms with Gasteiger partial charge in [0.05, 0.1) is 23.4 Å². The number of carbonyl (C=O) groups excluding carboxylic acids is 1. The number of amides is 1. The molecular weight excluding hydrogens is 330 g/mol. The first-order valence-electron chi connectivity index (χ1n) is 7.83. The van der Waals surface area contributed by atoms with Gasteiger partial charge in [-0.25, -0.2) is 4.98 Å². The summed E-state index contributed by atoms with van der Waals surface area (Å²) < 4.78 is 7.10. The third kappa shape index (κ3) is 3.46. The molecule has 1 aliphatic rings. The van der Waals surface area contributed by atoms with Crippen molar-refractivity contribution >= 4 is 23.2 Å². The average molecular weight is 350 g/mol. The van der Waals surface area contributed by atoms with Crippen LogP contribution in [0.3, 0.4) is 0 Å². The Balaban J connectivity index is 1.76. The molecule has 1 aromatic heterocycles. The van der Waals surface area contributed by atoms with Crippen LogP contribution in [-0.2, 0) is 6.54 Å². The summed E-state index contributed by atoms with van der Waals surface area (Å²) in [5, 5.41) is 4.49. The Hall–Kier alpha value is -2.28. The largest absolute Gasteiger partial charge is 0.496 e. The van der Waals surface area contributed by atoms with Crippen molar-refractivity contribution in [1.29, 1.82) is 0 Å². The minimum atomic E-state index is -0.0861. The fourth-order valence-electron chi connectivity index (χ4n) is 3.07. The summed E-state index contributed by atoms with van der Waals surface area (Å²) in [6, 6.07) is 3.17. The van der Waals surface area contributed by atoms with E-state index in [1.165, 1.54) is 13.4 Å². The molecule has 1 unspecified atom stereocenters. The van der Waals surface area contributed by atoms with Gasteiger partial charge in [0.2, 0.25) is 0 Å². The molecular formula is C16H20ClN5O2. The first-order valence-corrected chi connectivity index (χ1v) is 8.21. The highest BCUT2D eigenvalue weighted by atomic mass is 35.5. The number of nitrogens with two attached hydrogens (primary N) is 1. The van der Waals surface area contributed by atoms with Gasteiger partial charge in [0, 0.05) is 25.7 Å². The molecule has 0 radical (unpaired) electrons. The van der Waals surface area contributed by atoms with Gasteiger partial charge < -0.3 is 15.4 Å². The minimum absolute atomic E-state index is 0.0861. The Morgan fingerprint density at radius 3 is 3.04 bits per heavy atom. The van der Waals surface area contributed by atoms with E-state index in [0.717, 1.165) is 25.9 Å². The highest BCUT2D eigenvalue weighted by molar-refractivity contribution is 6.33. The maximum absolute atomic E-state index is 12.9. The molecule has 1 atom stereocenters. The van der Waals surface area contributed by atoms with Crippen LogP contribution in [0.1, 0.15) is 23.2 Å². The van der Waals surface area contributed by atoms with Crippen molar-refractivity contribution < 1.29 is 9.53 Å². The summed E-state index contributed by atoms with van der Waals surface area (Å²) in [5.74, 6) is 0.706. The number of nitrogens with zero attached hydrogens (tertiary/aromatic N) is 4. The lowest BCUT2D eigenvalue weighted by Gasteiger charge is -2.33. The molecule has 0 spiro atoms. The summed E-state index contributed by atoms with van der Waals surface area (Å²) in [7, 11) is 1.52. The third-order valence-corrected chi connectivity index (χ3v) is 4.59. The highest BCUT2D eigenvalue weighted by Crippen LogP contribution is 2.31. The Morgan fingerprint density at radius 2 is 2.33 bits per heavy atom. The number of aromatic nitrogens is 3. The lowest BCUT2D eigenvalue weighted by molar-refractivity contribution is 0.0656. The van der Waals surface area contributed by atoms with E-state index in [0.29, 0.717) is 34.5 Å². The van der Waals surface area contributed by atoms with E-state index in [2.05, 4.69) is 10.1 Å². The second kappa shape index (κ2) is 7.09. The highest BCUT2D eigenvalue weighted by Gasteiger charge is 2.27. The third-order valence-electron chi connectivity index (χ3n) is 4.27. The molecule has 1 aliphatic heterocycles. The number of likely N-dealkylation sites (tertiary alicyclic amines) is 1. The lowest BCUT2D eigenvalue weighted by atomic mass is 9.97. The van der Waals surface area contributed by atoms with Crippen molar-refractivity contribution in [1.82, 2.24) is 19.7 Å². The van der Waals surface area contributed by atoms with Crippen molar-refractivity contribution in [3.8, 4) is 5.75 Å². The fourth-order valence-corrected chi connectivity index (χ4v) is 3.23. The number of rotatable bonds is 4. The Labute approximate surface area is 145 Å². The number of ether oxygens (including phenoxy) is 1. The number of nitrogen functional groups attached to an aromatic ring is 1. The van der Waals surface area contributed by atoms with Crippen molar-refractivity contribution in [3.63, 3.8) is 0 Å². The van der Waals surface area contributed by atoms with Gasteiger partial charge in [0.15, 0.2) is 0 Å². The van der Waals surface area contributed by atoms with E-state index in [4.69, 9.17) is 22.1 Å². The summed E-state index contributed by atoms with van der Waals surface area (Å²) in [6.45, 7) is 2.14. The smallest absolute Gasteiger partial charge is 0.257 e. The van der Waals surface area contributed by atoms with E-state index in [-0.39, 0.29) is 5.91 Å². The van der Waals surface area contributed by atoms with Gasteiger partial charge in [-0.15, -0.1) is 0 Å². The van der Waals surface area contributed by atoms with Gasteiger partial charge in [-0.1, -0.05) is 11.6 Å². The van der Waals surface area contributed by atoms with Crippen molar-refractivity contribution in [2.75, 3.05) is 25.9 Å². The van der Waals surface area contributed by atoms with Crippen LogP contribution < -0.4 is 10.5 Å². The molecule has 1 fully saturated rings. The molecule has 1 aromatic carbocycles. The van der Waals surface area contributed by atoms with Gasteiger partial charge >= 0.3 is 0 Å². The summed E-state index contributed by atoms with van der Waals surface area (Å²) >= 11 is 6.08. The molecule has 24 heavy (non-hydrogen) atoms. The monoisotopic (exact) mass is 349 g/mol. The number of benzene rings is 1. The van der Waals surface area contributed by atoms with Crippen LogP contribution in [0.4, 0.5) is 5.69 Å². The zero-order valence-corrected chi connectivity index (χ0v) is 14.2. The van der Waals surface area contributed by atoms with Crippen LogP contribution in [0.5, 0.6) is 5.75 Å². The van der Waals surface area contributed by atoms with E-state index < -0.39 is 0 Å². The number of piperidine rings is 1. The Morgan fingerprint density at radius 1 is 1.50 bits per heavy atom. The molecule has 0 saturated carbocycles. The normalized spacial score (nSPS) is 17.8. The maximum Gasteiger partial charge on any atom is 0.257 e. The zero-order valence-electron chi connectivity index (χ0n) is 13.5. The standard InChI is InChI=1S/C16H20ClN5O2/c1-24-15-6-14(18)13(17)5-12(15)16(23)21-4-2-3-11(7-21)8-22-10-19-9-20-22/h5-6,9-11H,2-4,7-8,18H2,1H3. The molecule has 2 N–H and O–H groups in total. The van der Waals surface area contributed by atoms with E-state index in [1.54, 1.807) is 23.1 Å². The molecule has 7 nitrogen and oxygen atoms in total. The quantitative estimate of drug-likeness (QED) is 0.854. The van der Waals surface area contributed by atoms with Gasteiger partial charge in [-0.05, 0) is 24.8 Å². The molecule has 3 rings (SSSR count). The van der Waals surface area contributed by atoms with Crippen LogP contribution in [-0.4, -0.2) is 45.8 Å². The van der Waals surface area contributed by atoms with Gasteiger partial charge in [0.1, 0.15) is 18.4 Å². The molecule has 128 valence electrons. The van der Waals surface area contributed by atoms with Gasteiger partial charge in [-0.2, -0.15) is 5.10 Å². The minimum Gasteiger partial charge on any atom is -0.496 e. The summed E-state index contributed by atoms with van der Waals surface area (Å²) in [4.78, 5) is 18.7. The molecule has 0 aliphatic carbocycles. The van der Waals surface area contributed by atoms with Crippen LogP contribution in [0.25, 0.3) is 0 Å². The fraction of sp³-hybridized carbons (Fsp3) is 0.438. The summed E-state index contributed by atoms with van der Waals surface area (Å²) in [6.07, 6.45) is 5.23. The number of hydrogen-bond acceptors (Lipinski definition) is 5. The number of carbonyl (C=O) groups is 1. The zero-order chi connectivity index (χ0) is 17.1. The Kier molecular flexibility index (Phi) is 4.89. The molecule has 2 aromatic rings. The number of methoxy groups -OCH3 is 1. The predicted molar refractivity (Wildman–Crippen MR) is 91.1 cm³/mol. The number of hydrogen-bond donors (Lipinski definition) is 1. The van der Waals surface area contributed by atoms with Crippen molar-refractivity contribution in [3.05, 3.63) is 35.4 Å². The van der Waals surface area contributed by atoms with E-state index >= 15 is 0 Å². The molecule has 0 bridgehead atoms.